The molecule has 1 unspecified atom stereocenters. The number of hydrogen-bond donors (Lipinski definition) is 1. The minimum absolute atomic E-state index is 0.0650. The molecule has 0 saturated carbocycles. The van der Waals surface area contributed by atoms with Crippen LogP contribution in [-0.2, 0) is 9.59 Å². The topological polar surface area (TPSA) is 78.7 Å². The minimum Gasteiger partial charge on any atom is -0.360 e. The van der Waals surface area contributed by atoms with Crippen LogP contribution in [-0.4, -0.2) is 55.6 Å². The van der Waals surface area contributed by atoms with Gasteiger partial charge in [-0.2, -0.15) is 0 Å². The third kappa shape index (κ3) is 4.04. The van der Waals surface area contributed by atoms with Gasteiger partial charge in [0.15, 0.2) is 5.82 Å². The van der Waals surface area contributed by atoms with Gasteiger partial charge in [0.25, 0.3) is 0 Å². The monoisotopic (exact) mass is 294 g/mol. The highest BCUT2D eigenvalue weighted by Gasteiger charge is 2.36. The van der Waals surface area contributed by atoms with Crippen molar-refractivity contribution in [3.8, 4) is 0 Å². The van der Waals surface area contributed by atoms with E-state index < -0.39 is 0 Å². The van der Waals surface area contributed by atoms with Gasteiger partial charge in [0.1, 0.15) is 5.76 Å². The molecule has 0 aromatic carbocycles. The van der Waals surface area contributed by atoms with Crippen molar-refractivity contribution < 1.29 is 14.1 Å². The Bertz CT molecular complexity index is 512. The summed E-state index contributed by atoms with van der Waals surface area (Å²) < 4.78 is 4.97. The highest BCUT2D eigenvalue weighted by molar-refractivity contribution is 5.99. The Morgan fingerprint density at radius 2 is 2.33 bits per heavy atom. The molecule has 2 amide bonds. The zero-order valence-corrected chi connectivity index (χ0v) is 12.8. The summed E-state index contributed by atoms with van der Waals surface area (Å²) >= 11 is 0. The quantitative estimate of drug-likeness (QED) is 0.769. The number of rotatable bonds is 6. The van der Waals surface area contributed by atoms with Crippen molar-refractivity contribution in [1.29, 1.82) is 0 Å². The van der Waals surface area contributed by atoms with E-state index in [0.29, 0.717) is 24.7 Å². The van der Waals surface area contributed by atoms with Crippen LogP contribution in [0.25, 0.3) is 0 Å². The van der Waals surface area contributed by atoms with Gasteiger partial charge in [-0.1, -0.05) is 5.16 Å². The molecule has 1 aliphatic heterocycles. The predicted molar refractivity (Wildman–Crippen MR) is 77.9 cm³/mol. The Morgan fingerprint density at radius 3 is 2.95 bits per heavy atom. The standard InChI is InChI=1S/C14H22N4O3/c1-10-7-12(16-21-10)18-9-11(8-13(18)19)14(20)15-5-4-6-17(2)3/h7,11H,4-6,8-9H2,1-3H3,(H,15,20). The van der Waals surface area contributed by atoms with E-state index in [2.05, 4.69) is 15.4 Å². The van der Waals surface area contributed by atoms with Crippen LogP contribution in [0, 0.1) is 12.8 Å². The van der Waals surface area contributed by atoms with Crippen LogP contribution in [0.2, 0.25) is 0 Å². The number of nitrogens with one attached hydrogen (secondary N) is 1. The number of nitrogens with zero attached hydrogens (tertiary/aromatic N) is 3. The molecule has 0 bridgehead atoms. The molecule has 7 heteroatoms. The van der Waals surface area contributed by atoms with Crippen LogP contribution >= 0.6 is 0 Å². The van der Waals surface area contributed by atoms with Gasteiger partial charge >= 0.3 is 0 Å². The fraction of sp³-hybridized carbons (Fsp3) is 0.643. The molecule has 1 aromatic heterocycles. The molecule has 1 aromatic rings. The second kappa shape index (κ2) is 6.71. The van der Waals surface area contributed by atoms with Crippen LogP contribution in [0.3, 0.4) is 0 Å². The third-order valence-electron chi connectivity index (χ3n) is 3.47. The van der Waals surface area contributed by atoms with Gasteiger partial charge in [-0.3, -0.25) is 14.5 Å². The largest absolute Gasteiger partial charge is 0.360 e. The third-order valence-corrected chi connectivity index (χ3v) is 3.47. The lowest BCUT2D eigenvalue weighted by Gasteiger charge is -2.13. The maximum absolute atomic E-state index is 12.1. The van der Waals surface area contributed by atoms with Gasteiger partial charge in [0.2, 0.25) is 11.8 Å². The zero-order chi connectivity index (χ0) is 15.4. The highest BCUT2D eigenvalue weighted by Crippen LogP contribution is 2.24. The van der Waals surface area contributed by atoms with Crippen LogP contribution < -0.4 is 10.2 Å². The van der Waals surface area contributed by atoms with Gasteiger partial charge in [-0.15, -0.1) is 0 Å². The summed E-state index contributed by atoms with van der Waals surface area (Å²) in [6, 6.07) is 1.70. The van der Waals surface area contributed by atoms with Gasteiger partial charge < -0.3 is 14.7 Å². The molecular weight excluding hydrogens is 272 g/mol. The normalized spacial score (nSPS) is 18.6. The second-order valence-corrected chi connectivity index (χ2v) is 5.65. The Hall–Kier alpha value is -1.89. The van der Waals surface area contributed by atoms with Crippen LogP contribution in [0.4, 0.5) is 5.82 Å². The van der Waals surface area contributed by atoms with E-state index >= 15 is 0 Å². The fourth-order valence-corrected chi connectivity index (χ4v) is 2.34. The van der Waals surface area contributed by atoms with E-state index in [4.69, 9.17) is 4.52 Å². The molecular formula is C14H22N4O3. The Kier molecular flexibility index (Phi) is 4.95. The average Bonchev–Trinajstić information content (AvgIpc) is 3.00. The fourth-order valence-electron chi connectivity index (χ4n) is 2.34. The van der Waals surface area contributed by atoms with Crippen molar-refractivity contribution in [3.05, 3.63) is 11.8 Å². The molecule has 2 heterocycles. The maximum atomic E-state index is 12.1. The number of anilines is 1. The summed E-state index contributed by atoms with van der Waals surface area (Å²) in [5.41, 5.74) is 0. The summed E-state index contributed by atoms with van der Waals surface area (Å²) in [5.74, 6) is 0.672. The van der Waals surface area contributed by atoms with E-state index in [1.807, 2.05) is 14.1 Å². The lowest BCUT2D eigenvalue weighted by molar-refractivity contribution is -0.126. The molecule has 7 nitrogen and oxygen atoms in total. The number of carbonyl (C=O) groups excluding carboxylic acids is 2. The van der Waals surface area contributed by atoms with Crippen molar-refractivity contribution in [2.75, 3.05) is 38.6 Å². The summed E-state index contributed by atoms with van der Waals surface area (Å²) in [7, 11) is 3.99. The molecule has 1 fully saturated rings. The number of carbonyl (C=O) groups is 2. The molecule has 116 valence electrons. The molecule has 1 N–H and O–H groups in total. The molecule has 1 atom stereocenters. The first-order valence-electron chi connectivity index (χ1n) is 7.13. The first kappa shape index (κ1) is 15.5. The number of amides is 2. The molecule has 21 heavy (non-hydrogen) atoms. The smallest absolute Gasteiger partial charge is 0.229 e. The number of aryl methyl sites for hydroxylation is 1. The van der Waals surface area contributed by atoms with Crippen molar-refractivity contribution in [3.63, 3.8) is 0 Å². The zero-order valence-electron chi connectivity index (χ0n) is 12.8. The Balaban J connectivity index is 1.83. The lowest BCUT2D eigenvalue weighted by atomic mass is 10.1. The Morgan fingerprint density at radius 1 is 1.57 bits per heavy atom. The van der Waals surface area contributed by atoms with Crippen LogP contribution in [0.15, 0.2) is 10.6 Å². The Labute approximate surface area is 124 Å². The maximum Gasteiger partial charge on any atom is 0.229 e. The number of aromatic nitrogens is 1. The summed E-state index contributed by atoms with van der Waals surface area (Å²) in [5, 5.41) is 6.72. The molecule has 1 aliphatic rings. The van der Waals surface area contributed by atoms with E-state index in [9.17, 15) is 9.59 Å². The second-order valence-electron chi connectivity index (χ2n) is 5.65. The van der Waals surface area contributed by atoms with E-state index in [0.717, 1.165) is 13.0 Å². The van der Waals surface area contributed by atoms with Crippen LogP contribution in [0.1, 0.15) is 18.6 Å². The number of hydrogen-bond acceptors (Lipinski definition) is 5. The lowest BCUT2D eigenvalue weighted by Crippen LogP contribution is -2.34. The van der Waals surface area contributed by atoms with Crippen molar-refractivity contribution in [1.82, 2.24) is 15.4 Å². The molecule has 0 spiro atoms. The molecule has 2 rings (SSSR count). The van der Waals surface area contributed by atoms with Crippen molar-refractivity contribution in [2.24, 2.45) is 5.92 Å². The molecule has 0 aliphatic carbocycles. The SMILES string of the molecule is Cc1cc(N2CC(C(=O)NCCCN(C)C)CC2=O)no1. The summed E-state index contributed by atoms with van der Waals surface area (Å²) in [6.07, 6.45) is 1.12. The predicted octanol–water partition coefficient (Wildman–Crippen LogP) is 0.404. The first-order valence-corrected chi connectivity index (χ1v) is 7.13. The average molecular weight is 294 g/mol. The van der Waals surface area contributed by atoms with Gasteiger partial charge in [-0.05, 0) is 34.0 Å². The van der Waals surface area contributed by atoms with E-state index in [1.54, 1.807) is 13.0 Å². The van der Waals surface area contributed by atoms with Gasteiger partial charge in [-0.25, -0.2) is 0 Å². The van der Waals surface area contributed by atoms with E-state index in [1.165, 1.54) is 4.90 Å². The van der Waals surface area contributed by atoms with Crippen LogP contribution in [0.5, 0.6) is 0 Å². The molecule has 0 radical (unpaired) electrons. The van der Waals surface area contributed by atoms with Crippen molar-refractivity contribution in [2.45, 2.75) is 19.8 Å². The summed E-state index contributed by atoms with van der Waals surface area (Å²) in [6.45, 7) is 3.69. The van der Waals surface area contributed by atoms with Gasteiger partial charge in [0, 0.05) is 25.6 Å². The molecule has 1 saturated heterocycles. The van der Waals surface area contributed by atoms with Crippen molar-refractivity contribution >= 4 is 17.6 Å². The highest BCUT2D eigenvalue weighted by atomic mass is 16.5. The summed E-state index contributed by atoms with van der Waals surface area (Å²) in [4.78, 5) is 27.6. The first-order chi connectivity index (χ1) is 9.97. The van der Waals surface area contributed by atoms with Gasteiger partial charge in [0.05, 0.1) is 5.92 Å². The minimum atomic E-state index is -0.311. The van der Waals surface area contributed by atoms with E-state index in [-0.39, 0.29) is 24.2 Å².